The monoisotopic (exact) mass is 276 g/mol. The first-order valence-electron chi connectivity index (χ1n) is 6.60. The van der Waals surface area contributed by atoms with Gasteiger partial charge in [0.25, 0.3) is 0 Å². The fraction of sp³-hybridized carbons (Fsp3) is 0.294. The van der Waals surface area contributed by atoms with Gasteiger partial charge in [0, 0.05) is 0 Å². The van der Waals surface area contributed by atoms with Gasteiger partial charge in [-0.05, 0) is 41.7 Å². The highest BCUT2D eigenvalue weighted by Gasteiger charge is 2.12. The van der Waals surface area contributed by atoms with Crippen molar-refractivity contribution in [2.24, 2.45) is 0 Å². The molecule has 0 spiro atoms. The third-order valence-electron chi connectivity index (χ3n) is 3.30. The molecule has 2 aromatic rings. The Hall–Kier alpha value is -1.34. The number of hydrogen-bond donors (Lipinski definition) is 0. The molecule has 0 aliphatic heterocycles. The Morgan fingerprint density at radius 2 is 1.68 bits per heavy atom. The van der Waals surface area contributed by atoms with Gasteiger partial charge in [-0.2, -0.15) is 0 Å². The fourth-order valence-electron chi connectivity index (χ4n) is 2.10. The van der Waals surface area contributed by atoms with E-state index in [4.69, 9.17) is 11.6 Å². The van der Waals surface area contributed by atoms with Crippen LogP contribution >= 0.6 is 11.6 Å². The number of alkyl halides is 1. The quantitative estimate of drug-likeness (QED) is 0.655. The van der Waals surface area contributed by atoms with Gasteiger partial charge in [0.05, 0.1) is 5.38 Å². The molecule has 0 saturated carbocycles. The van der Waals surface area contributed by atoms with Crippen LogP contribution in [0, 0.1) is 12.7 Å². The predicted molar refractivity (Wildman–Crippen MR) is 79.3 cm³/mol. The Bertz CT molecular complexity index is 546. The second-order valence-electron chi connectivity index (χ2n) is 4.86. The van der Waals surface area contributed by atoms with Crippen molar-refractivity contribution >= 4 is 11.6 Å². The molecule has 0 aliphatic carbocycles. The normalized spacial score (nSPS) is 12.4. The van der Waals surface area contributed by atoms with Crippen molar-refractivity contribution in [1.29, 1.82) is 0 Å². The van der Waals surface area contributed by atoms with Crippen LogP contribution in [0.3, 0.4) is 0 Å². The van der Waals surface area contributed by atoms with E-state index in [9.17, 15) is 4.39 Å². The Morgan fingerprint density at radius 1 is 1.05 bits per heavy atom. The summed E-state index contributed by atoms with van der Waals surface area (Å²) in [6, 6.07) is 13.4. The lowest BCUT2D eigenvalue weighted by Crippen LogP contribution is -1.96. The first kappa shape index (κ1) is 14.1. The van der Waals surface area contributed by atoms with Crippen LogP contribution < -0.4 is 0 Å². The molecule has 0 saturated heterocycles. The zero-order chi connectivity index (χ0) is 13.8. The molecule has 19 heavy (non-hydrogen) atoms. The molecule has 0 bridgehead atoms. The maximum atomic E-state index is 13.6. The van der Waals surface area contributed by atoms with Gasteiger partial charge in [0.15, 0.2) is 0 Å². The molecule has 0 aliphatic rings. The van der Waals surface area contributed by atoms with Crippen LogP contribution in [0.1, 0.15) is 41.0 Å². The molecule has 0 radical (unpaired) electrons. The van der Waals surface area contributed by atoms with Gasteiger partial charge < -0.3 is 0 Å². The maximum Gasteiger partial charge on any atom is 0.126 e. The van der Waals surface area contributed by atoms with E-state index in [1.165, 1.54) is 11.6 Å². The summed E-state index contributed by atoms with van der Waals surface area (Å²) in [7, 11) is 0. The van der Waals surface area contributed by atoms with Crippen LogP contribution in [0.5, 0.6) is 0 Å². The topological polar surface area (TPSA) is 0 Å². The van der Waals surface area contributed by atoms with Crippen LogP contribution in [-0.4, -0.2) is 0 Å². The van der Waals surface area contributed by atoms with Crippen LogP contribution in [-0.2, 0) is 6.42 Å². The Morgan fingerprint density at radius 3 is 2.26 bits per heavy atom. The summed E-state index contributed by atoms with van der Waals surface area (Å²) in [5, 5.41) is -0.300. The molecule has 0 fully saturated rings. The van der Waals surface area contributed by atoms with E-state index < -0.39 is 0 Å². The van der Waals surface area contributed by atoms with E-state index in [-0.39, 0.29) is 11.2 Å². The van der Waals surface area contributed by atoms with E-state index in [1.807, 2.05) is 18.2 Å². The average Bonchev–Trinajstić information content (AvgIpc) is 2.42. The molecule has 0 heterocycles. The number of halogens is 2. The Kier molecular flexibility index (Phi) is 4.60. The molecule has 0 nitrogen and oxygen atoms in total. The first-order valence-corrected chi connectivity index (χ1v) is 7.04. The van der Waals surface area contributed by atoms with Gasteiger partial charge in [0.2, 0.25) is 0 Å². The smallest absolute Gasteiger partial charge is 0.126 e. The molecule has 1 atom stereocenters. The van der Waals surface area contributed by atoms with Crippen molar-refractivity contribution in [3.05, 3.63) is 70.5 Å². The fourth-order valence-corrected chi connectivity index (χ4v) is 2.38. The average molecular weight is 277 g/mol. The van der Waals surface area contributed by atoms with Crippen molar-refractivity contribution in [2.75, 3.05) is 0 Å². The van der Waals surface area contributed by atoms with Crippen LogP contribution in [0.15, 0.2) is 42.5 Å². The predicted octanol–water partition coefficient (Wildman–Crippen LogP) is 5.41. The van der Waals surface area contributed by atoms with E-state index >= 15 is 0 Å². The van der Waals surface area contributed by atoms with Crippen molar-refractivity contribution in [3.8, 4) is 0 Å². The van der Waals surface area contributed by atoms with Crippen LogP contribution in [0.4, 0.5) is 4.39 Å². The summed E-state index contributed by atoms with van der Waals surface area (Å²) < 4.78 is 13.6. The SMILES string of the molecule is CCCc1ccc(C(Cl)c2ccc(C)c(F)c2)cc1. The lowest BCUT2D eigenvalue weighted by Gasteiger charge is -2.12. The lowest BCUT2D eigenvalue weighted by atomic mass is 10.0. The standard InChI is InChI=1S/C17H18ClF/c1-3-4-13-6-9-14(10-7-13)17(18)15-8-5-12(2)16(19)11-15/h5-11,17H,3-4H2,1-2H3. The van der Waals surface area contributed by atoms with Gasteiger partial charge in [0.1, 0.15) is 5.82 Å². The third-order valence-corrected chi connectivity index (χ3v) is 3.80. The van der Waals surface area contributed by atoms with Gasteiger partial charge in [-0.1, -0.05) is 49.7 Å². The second kappa shape index (κ2) is 6.21. The minimum atomic E-state index is -0.300. The summed E-state index contributed by atoms with van der Waals surface area (Å²) in [4.78, 5) is 0. The Labute approximate surface area is 119 Å². The molecule has 0 amide bonds. The minimum Gasteiger partial charge on any atom is -0.207 e. The summed E-state index contributed by atoms with van der Waals surface area (Å²) in [6.07, 6.45) is 2.21. The van der Waals surface area contributed by atoms with Crippen LogP contribution in [0.2, 0.25) is 0 Å². The molecule has 2 heteroatoms. The molecule has 0 aromatic heterocycles. The van der Waals surface area contributed by atoms with E-state index in [1.54, 1.807) is 13.0 Å². The molecule has 2 aromatic carbocycles. The molecular formula is C17H18ClF. The van der Waals surface area contributed by atoms with E-state index in [0.717, 1.165) is 24.0 Å². The highest BCUT2D eigenvalue weighted by atomic mass is 35.5. The zero-order valence-corrected chi connectivity index (χ0v) is 12.0. The summed E-state index contributed by atoms with van der Waals surface area (Å²) in [5.74, 6) is -0.203. The highest BCUT2D eigenvalue weighted by molar-refractivity contribution is 6.22. The summed E-state index contributed by atoms with van der Waals surface area (Å²) >= 11 is 6.42. The molecule has 0 N–H and O–H groups in total. The van der Waals surface area contributed by atoms with Crippen molar-refractivity contribution in [3.63, 3.8) is 0 Å². The lowest BCUT2D eigenvalue weighted by molar-refractivity contribution is 0.616. The molecular weight excluding hydrogens is 259 g/mol. The van der Waals surface area contributed by atoms with Crippen molar-refractivity contribution in [1.82, 2.24) is 0 Å². The Balaban J connectivity index is 2.22. The molecule has 2 rings (SSSR count). The van der Waals surface area contributed by atoms with E-state index in [2.05, 4.69) is 19.1 Å². The van der Waals surface area contributed by atoms with Gasteiger partial charge in [-0.3, -0.25) is 0 Å². The number of aryl methyl sites for hydroxylation is 2. The maximum absolute atomic E-state index is 13.6. The van der Waals surface area contributed by atoms with Crippen molar-refractivity contribution < 1.29 is 4.39 Å². The largest absolute Gasteiger partial charge is 0.207 e. The van der Waals surface area contributed by atoms with Gasteiger partial charge >= 0.3 is 0 Å². The molecule has 100 valence electrons. The zero-order valence-electron chi connectivity index (χ0n) is 11.3. The first-order chi connectivity index (χ1) is 9.11. The number of hydrogen-bond acceptors (Lipinski definition) is 0. The van der Waals surface area contributed by atoms with Crippen molar-refractivity contribution in [2.45, 2.75) is 32.1 Å². The molecule has 1 unspecified atom stereocenters. The second-order valence-corrected chi connectivity index (χ2v) is 5.30. The number of benzene rings is 2. The third kappa shape index (κ3) is 3.36. The summed E-state index contributed by atoms with van der Waals surface area (Å²) in [5.41, 5.74) is 3.76. The number of rotatable bonds is 4. The minimum absolute atomic E-state index is 0.203. The van der Waals surface area contributed by atoms with Crippen LogP contribution in [0.25, 0.3) is 0 Å². The van der Waals surface area contributed by atoms with Gasteiger partial charge in [-0.15, -0.1) is 11.6 Å². The highest BCUT2D eigenvalue weighted by Crippen LogP contribution is 2.29. The van der Waals surface area contributed by atoms with Gasteiger partial charge in [-0.25, -0.2) is 4.39 Å². The summed E-state index contributed by atoms with van der Waals surface area (Å²) in [6.45, 7) is 3.91. The van der Waals surface area contributed by atoms with E-state index in [0.29, 0.717) is 5.56 Å².